The number of esters is 1. The van der Waals surface area contributed by atoms with Crippen molar-refractivity contribution in [2.75, 3.05) is 6.61 Å². The van der Waals surface area contributed by atoms with Gasteiger partial charge in [-0.1, -0.05) is 61.5 Å². The second kappa shape index (κ2) is 11.0. The molecule has 5 rings (SSSR count). The number of nitrogens with zero attached hydrogens (tertiary/aromatic N) is 2. The van der Waals surface area contributed by atoms with E-state index < -0.39 is 5.60 Å². The minimum atomic E-state index is -0.530. The zero-order valence-corrected chi connectivity index (χ0v) is 22.4. The SMILES string of the molecule is CCc1ccc(-c2c(-c3ccccc3)oc3ncnc(O[C@H]4CC[C@@H](OCC(=O)OC(C)(C)C)C4)c23)cc1. The molecule has 0 spiro atoms. The molecule has 2 atom stereocenters. The highest BCUT2D eigenvalue weighted by Crippen LogP contribution is 2.44. The lowest BCUT2D eigenvalue weighted by Crippen LogP contribution is -2.28. The van der Waals surface area contributed by atoms with Crippen LogP contribution in [0.3, 0.4) is 0 Å². The van der Waals surface area contributed by atoms with E-state index in [0.29, 0.717) is 18.0 Å². The number of hydrogen-bond acceptors (Lipinski definition) is 7. The molecule has 7 nitrogen and oxygen atoms in total. The molecular weight excluding hydrogens is 480 g/mol. The van der Waals surface area contributed by atoms with Crippen molar-refractivity contribution in [3.05, 3.63) is 66.5 Å². The molecule has 4 aromatic rings. The fourth-order valence-corrected chi connectivity index (χ4v) is 4.85. The van der Waals surface area contributed by atoms with Gasteiger partial charge >= 0.3 is 5.97 Å². The molecule has 0 amide bonds. The van der Waals surface area contributed by atoms with Crippen molar-refractivity contribution in [2.24, 2.45) is 0 Å². The zero-order valence-electron chi connectivity index (χ0n) is 22.4. The van der Waals surface area contributed by atoms with Gasteiger partial charge in [-0.2, -0.15) is 0 Å². The molecule has 0 radical (unpaired) electrons. The number of carbonyl (C=O) groups is 1. The third kappa shape index (κ3) is 5.89. The van der Waals surface area contributed by atoms with Crippen molar-refractivity contribution in [3.8, 4) is 28.3 Å². The van der Waals surface area contributed by atoms with Gasteiger partial charge < -0.3 is 18.6 Å². The molecule has 1 aliphatic carbocycles. The molecule has 1 saturated carbocycles. The van der Waals surface area contributed by atoms with E-state index in [1.807, 2.05) is 51.1 Å². The quantitative estimate of drug-likeness (QED) is 0.240. The highest BCUT2D eigenvalue weighted by atomic mass is 16.6. The van der Waals surface area contributed by atoms with Crippen molar-refractivity contribution in [3.63, 3.8) is 0 Å². The van der Waals surface area contributed by atoms with Gasteiger partial charge in [0.25, 0.3) is 0 Å². The summed E-state index contributed by atoms with van der Waals surface area (Å²) in [4.78, 5) is 21.0. The van der Waals surface area contributed by atoms with Crippen LogP contribution in [0.15, 0.2) is 65.3 Å². The summed E-state index contributed by atoms with van der Waals surface area (Å²) in [5, 5.41) is 0.758. The Kier molecular flexibility index (Phi) is 7.47. The second-order valence-corrected chi connectivity index (χ2v) is 10.7. The van der Waals surface area contributed by atoms with E-state index in [9.17, 15) is 4.79 Å². The Bertz CT molecular complexity index is 1390. The summed E-state index contributed by atoms with van der Waals surface area (Å²) < 4.78 is 24.0. The highest BCUT2D eigenvalue weighted by molar-refractivity contribution is 6.03. The number of aryl methyl sites for hydroxylation is 1. The van der Waals surface area contributed by atoms with Crippen LogP contribution >= 0.6 is 0 Å². The molecule has 2 aromatic carbocycles. The van der Waals surface area contributed by atoms with E-state index >= 15 is 0 Å². The summed E-state index contributed by atoms with van der Waals surface area (Å²) in [6, 6.07) is 18.5. The van der Waals surface area contributed by atoms with E-state index in [1.54, 1.807) is 0 Å². The van der Waals surface area contributed by atoms with Gasteiger partial charge in [0.05, 0.1) is 6.10 Å². The lowest BCUT2D eigenvalue weighted by Gasteiger charge is -2.20. The number of benzene rings is 2. The fraction of sp³-hybridized carbons (Fsp3) is 0.387. The normalized spacial score (nSPS) is 17.6. The predicted molar refractivity (Wildman–Crippen MR) is 146 cm³/mol. The lowest BCUT2D eigenvalue weighted by atomic mass is 9.98. The van der Waals surface area contributed by atoms with Gasteiger partial charge in [-0.05, 0) is 51.2 Å². The van der Waals surface area contributed by atoms with Gasteiger partial charge in [-0.25, -0.2) is 14.8 Å². The molecule has 198 valence electrons. The van der Waals surface area contributed by atoms with Crippen molar-refractivity contribution in [1.29, 1.82) is 0 Å². The summed E-state index contributed by atoms with van der Waals surface area (Å²) in [6.45, 7) is 7.62. The second-order valence-electron chi connectivity index (χ2n) is 10.7. The average Bonchev–Trinajstić information content (AvgIpc) is 3.52. The standard InChI is InChI=1S/C31H34N2O5/c1-5-20-11-13-21(14-12-20)26-27-29(32-19-33-30(27)37-28(26)22-9-7-6-8-10-22)36-24-16-15-23(17-24)35-18-25(34)38-31(2,3)4/h6-14,19,23-24H,5,15-18H2,1-4H3/t23-,24+/m1/s1. The molecule has 7 heteroatoms. The van der Waals surface area contributed by atoms with Gasteiger partial charge in [0.1, 0.15) is 35.8 Å². The van der Waals surface area contributed by atoms with Crippen molar-refractivity contribution < 1.29 is 23.4 Å². The number of fused-ring (bicyclic) bond motifs is 1. The Morgan fingerprint density at radius 3 is 2.42 bits per heavy atom. The van der Waals surface area contributed by atoms with Crippen LogP contribution in [0.2, 0.25) is 0 Å². The third-order valence-corrected chi connectivity index (χ3v) is 6.61. The van der Waals surface area contributed by atoms with Crippen LogP contribution in [-0.2, 0) is 20.7 Å². The topological polar surface area (TPSA) is 83.7 Å². The molecular formula is C31H34N2O5. The molecule has 0 aliphatic heterocycles. The first-order valence-electron chi connectivity index (χ1n) is 13.2. The number of ether oxygens (including phenoxy) is 3. The number of aromatic nitrogens is 2. The third-order valence-electron chi connectivity index (χ3n) is 6.61. The molecule has 2 aromatic heterocycles. The zero-order chi connectivity index (χ0) is 26.7. The number of carbonyl (C=O) groups excluding carboxylic acids is 1. The molecule has 1 fully saturated rings. The molecule has 0 bridgehead atoms. The maximum atomic E-state index is 12.1. The Morgan fingerprint density at radius 1 is 0.974 bits per heavy atom. The molecule has 1 aliphatic rings. The van der Waals surface area contributed by atoms with Gasteiger partial charge in [-0.3, -0.25) is 0 Å². The molecule has 38 heavy (non-hydrogen) atoms. The van der Waals surface area contributed by atoms with Crippen LogP contribution in [0.1, 0.15) is 52.5 Å². The first kappa shape index (κ1) is 25.9. The summed E-state index contributed by atoms with van der Waals surface area (Å²) in [5.74, 6) is 0.874. The van der Waals surface area contributed by atoms with Crippen LogP contribution in [0.4, 0.5) is 0 Å². The van der Waals surface area contributed by atoms with Gasteiger partial charge in [-0.15, -0.1) is 0 Å². The van der Waals surface area contributed by atoms with Gasteiger partial charge in [0.15, 0.2) is 0 Å². The first-order valence-corrected chi connectivity index (χ1v) is 13.2. The van der Waals surface area contributed by atoms with Crippen LogP contribution in [0.25, 0.3) is 33.6 Å². The van der Waals surface area contributed by atoms with Crippen LogP contribution in [0.5, 0.6) is 5.88 Å². The Hall–Kier alpha value is -3.71. The first-order chi connectivity index (χ1) is 18.3. The Morgan fingerprint density at radius 2 is 1.71 bits per heavy atom. The largest absolute Gasteiger partial charge is 0.474 e. The smallest absolute Gasteiger partial charge is 0.332 e. The highest BCUT2D eigenvalue weighted by Gasteiger charge is 2.30. The number of hydrogen-bond donors (Lipinski definition) is 0. The van der Waals surface area contributed by atoms with E-state index in [2.05, 4.69) is 41.2 Å². The summed E-state index contributed by atoms with van der Waals surface area (Å²) in [5.41, 5.74) is 4.11. The summed E-state index contributed by atoms with van der Waals surface area (Å²) in [7, 11) is 0. The monoisotopic (exact) mass is 514 g/mol. The van der Waals surface area contributed by atoms with Gasteiger partial charge in [0, 0.05) is 17.5 Å². The van der Waals surface area contributed by atoms with E-state index in [-0.39, 0.29) is 24.8 Å². The van der Waals surface area contributed by atoms with Gasteiger partial charge in [0.2, 0.25) is 11.6 Å². The van der Waals surface area contributed by atoms with E-state index in [4.69, 9.17) is 18.6 Å². The van der Waals surface area contributed by atoms with Crippen LogP contribution in [-0.4, -0.2) is 40.4 Å². The van der Waals surface area contributed by atoms with E-state index in [0.717, 1.165) is 47.1 Å². The van der Waals surface area contributed by atoms with Crippen molar-refractivity contribution in [2.45, 2.75) is 71.2 Å². The van der Waals surface area contributed by atoms with Crippen LogP contribution < -0.4 is 4.74 Å². The van der Waals surface area contributed by atoms with Crippen molar-refractivity contribution >= 4 is 17.1 Å². The number of furan rings is 1. The Balaban J connectivity index is 1.42. The minimum absolute atomic E-state index is 0.0630. The fourth-order valence-electron chi connectivity index (χ4n) is 4.85. The Labute approximate surface area is 223 Å². The summed E-state index contributed by atoms with van der Waals surface area (Å²) in [6.07, 6.45) is 4.54. The average molecular weight is 515 g/mol. The molecule has 0 N–H and O–H groups in total. The number of rotatable bonds is 8. The summed E-state index contributed by atoms with van der Waals surface area (Å²) >= 11 is 0. The predicted octanol–water partition coefficient (Wildman–Crippen LogP) is 6.78. The molecule has 0 unspecified atom stereocenters. The maximum Gasteiger partial charge on any atom is 0.332 e. The lowest BCUT2D eigenvalue weighted by molar-refractivity contribution is -0.162. The van der Waals surface area contributed by atoms with Crippen molar-refractivity contribution in [1.82, 2.24) is 9.97 Å². The van der Waals surface area contributed by atoms with Crippen LogP contribution in [0, 0.1) is 0 Å². The minimum Gasteiger partial charge on any atom is -0.474 e. The maximum absolute atomic E-state index is 12.1. The molecule has 0 saturated heterocycles. The van der Waals surface area contributed by atoms with E-state index in [1.165, 1.54) is 11.9 Å². The molecule has 2 heterocycles.